The number of hydrogen-bond acceptors (Lipinski definition) is 4. The normalized spacial score (nSPS) is 15.2. The van der Waals surface area contributed by atoms with Crippen LogP contribution in [-0.2, 0) is 16.1 Å². The molecule has 2 aromatic carbocycles. The quantitative estimate of drug-likeness (QED) is 0.612. The van der Waals surface area contributed by atoms with Gasteiger partial charge in [0.15, 0.2) is 0 Å². The maximum Gasteiger partial charge on any atom is 0.411 e. The first kappa shape index (κ1) is 21.3. The Morgan fingerprint density at radius 1 is 1.03 bits per heavy atom. The summed E-state index contributed by atoms with van der Waals surface area (Å²) in [5.41, 5.74) is 1.74. The Kier molecular flexibility index (Phi) is 8.46. The van der Waals surface area contributed by atoms with Gasteiger partial charge in [-0.2, -0.15) is 0 Å². The molecular weight excluding hydrogens is 371 g/mol. The monoisotopic (exact) mass is 400 g/mol. The zero-order valence-electron chi connectivity index (χ0n) is 16.7. The number of rotatable bonds is 9. The average molecular weight is 400 g/mol. The molecule has 0 spiro atoms. The lowest BCUT2D eigenvalue weighted by Gasteiger charge is -2.31. The number of piperidine rings is 1. The van der Waals surface area contributed by atoms with Gasteiger partial charge in [-0.15, -0.1) is 0 Å². The number of nitrogens with zero attached hydrogens (tertiary/aromatic N) is 1. The molecule has 0 radical (unpaired) electrons. The fraction of sp³-hybridized carbons (Fsp3) is 0.435. The molecule has 0 atom stereocenters. The third-order valence-corrected chi connectivity index (χ3v) is 5.06. The van der Waals surface area contributed by atoms with Crippen molar-refractivity contribution in [1.29, 1.82) is 0 Å². The number of carbonyl (C=O) groups excluding carboxylic acids is 1. The number of amides is 1. The summed E-state index contributed by atoms with van der Waals surface area (Å²) in [5.74, 6) is -0.337. The van der Waals surface area contributed by atoms with Crippen LogP contribution in [0, 0.1) is 5.82 Å². The van der Waals surface area contributed by atoms with Crippen molar-refractivity contribution in [2.45, 2.75) is 38.4 Å². The molecule has 1 N–H and O–H groups in total. The minimum Gasteiger partial charge on any atom is -0.449 e. The summed E-state index contributed by atoms with van der Waals surface area (Å²) in [6, 6.07) is 15.9. The van der Waals surface area contributed by atoms with Crippen LogP contribution in [0.2, 0.25) is 0 Å². The summed E-state index contributed by atoms with van der Waals surface area (Å²) < 4.78 is 24.0. The van der Waals surface area contributed by atoms with Crippen LogP contribution >= 0.6 is 0 Å². The summed E-state index contributed by atoms with van der Waals surface area (Å²) in [4.78, 5) is 14.2. The lowest BCUT2D eigenvalue weighted by molar-refractivity contribution is -0.00282. The third-order valence-electron chi connectivity index (χ3n) is 5.06. The van der Waals surface area contributed by atoms with Gasteiger partial charge in [-0.1, -0.05) is 30.3 Å². The molecule has 1 amide bonds. The second-order valence-corrected chi connectivity index (χ2v) is 7.31. The van der Waals surface area contributed by atoms with Crippen LogP contribution < -0.4 is 5.32 Å². The average Bonchev–Trinajstić information content (AvgIpc) is 2.75. The van der Waals surface area contributed by atoms with Crippen molar-refractivity contribution in [2.24, 2.45) is 0 Å². The molecular formula is C23H29FN2O3. The number of anilines is 1. The van der Waals surface area contributed by atoms with Crippen molar-refractivity contribution in [3.05, 3.63) is 66.0 Å². The number of carbonyl (C=O) groups is 1. The Bertz CT molecular complexity index is 732. The van der Waals surface area contributed by atoms with E-state index in [1.54, 1.807) is 0 Å². The van der Waals surface area contributed by atoms with E-state index in [1.807, 2.05) is 18.2 Å². The molecule has 1 saturated heterocycles. The minimum atomic E-state index is -0.506. The summed E-state index contributed by atoms with van der Waals surface area (Å²) in [6.45, 7) is 4.16. The van der Waals surface area contributed by atoms with Crippen molar-refractivity contribution in [2.75, 3.05) is 31.6 Å². The molecule has 1 heterocycles. The van der Waals surface area contributed by atoms with Gasteiger partial charge in [-0.05, 0) is 62.1 Å². The van der Waals surface area contributed by atoms with Crippen LogP contribution in [0.5, 0.6) is 0 Å². The van der Waals surface area contributed by atoms with E-state index in [4.69, 9.17) is 9.47 Å². The summed E-state index contributed by atoms with van der Waals surface area (Å²) in [7, 11) is 0. The fourth-order valence-electron chi connectivity index (χ4n) is 3.38. The summed E-state index contributed by atoms with van der Waals surface area (Å²) in [5, 5.41) is 2.59. The Morgan fingerprint density at radius 2 is 1.76 bits per heavy atom. The molecule has 0 bridgehead atoms. The van der Waals surface area contributed by atoms with Crippen molar-refractivity contribution in [3.63, 3.8) is 0 Å². The molecule has 0 aromatic heterocycles. The highest BCUT2D eigenvalue weighted by Gasteiger charge is 2.19. The van der Waals surface area contributed by atoms with Gasteiger partial charge in [0, 0.05) is 18.8 Å². The molecule has 1 aliphatic rings. The molecule has 0 saturated carbocycles. The topological polar surface area (TPSA) is 50.8 Å². The maximum absolute atomic E-state index is 12.8. The molecule has 156 valence electrons. The molecule has 5 nitrogen and oxygen atoms in total. The zero-order chi connectivity index (χ0) is 20.3. The van der Waals surface area contributed by atoms with Gasteiger partial charge in [0.2, 0.25) is 0 Å². The Morgan fingerprint density at radius 3 is 2.48 bits per heavy atom. The molecule has 3 rings (SSSR count). The summed E-state index contributed by atoms with van der Waals surface area (Å²) in [6.07, 6.45) is 3.76. The van der Waals surface area contributed by atoms with Crippen LogP contribution in [0.15, 0.2) is 54.6 Å². The van der Waals surface area contributed by atoms with Gasteiger partial charge in [-0.3, -0.25) is 5.32 Å². The van der Waals surface area contributed by atoms with Crippen LogP contribution in [-0.4, -0.2) is 43.3 Å². The highest BCUT2D eigenvalue weighted by atomic mass is 19.1. The second kappa shape index (κ2) is 11.5. The molecule has 6 heteroatoms. The van der Waals surface area contributed by atoms with Crippen LogP contribution in [0.1, 0.15) is 31.2 Å². The number of unbranched alkanes of at least 4 members (excludes halogenated alkanes) is 1. The molecule has 0 unspecified atom stereocenters. The predicted octanol–water partition coefficient (Wildman–Crippen LogP) is 4.84. The van der Waals surface area contributed by atoms with Gasteiger partial charge in [-0.25, -0.2) is 9.18 Å². The van der Waals surface area contributed by atoms with E-state index < -0.39 is 6.09 Å². The third kappa shape index (κ3) is 7.83. The molecule has 2 aromatic rings. The second-order valence-electron chi connectivity index (χ2n) is 7.31. The Labute approximate surface area is 171 Å². The van der Waals surface area contributed by atoms with E-state index in [9.17, 15) is 9.18 Å². The van der Waals surface area contributed by atoms with Crippen molar-refractivity contribution >= 4 is 11.8 Å². The van der Waals surface area contributed by atoms with Crippen LogP contribution in [0.25, 0.3) is 0 Å². The van der Waals surface area contributed by atoms with Gasteiger partial charge < -0.3 is 14.4 Å². The Balaban J connectivity index is 1.21. The van der Waals surface area contributed by atoms with E-state index in [0.717, 1.165) is 45.3 Å². The standard InChI is InChI=1S/C23H29FN2O3/c24-20-8-10-21(11-9-20)25-23(27)28-17-5-4-14-26-15-12-22(13-16-26)29-18-19-6-2-1-3-7-19/h1-3,6-11,22H,4-5,12-18H2,(H,25,27). The van der Waals surface area contributed by atoms with E-state index in [1.165, 1.54) is 29.8 Å². The highest BCUT2D eigenvalue weighted by molar-refractivity contribution is 5.84. The van der Waals surface area contributed by atoms with Crippen molar-refractivity contribution in [3.8, 4) is 0 Å². The molecule has 0 aliphatic carbocycles. The van der Waals surface area contributed by atoms with Crippen molar-refractivity contribution < 1.29 is 18.7 Å². The largest absolute Gasteiger partial charge is 0.449 e. The van der Waals surface area contributed by atoms with Gasteiger partial charge in [0.1, 0.15) is 5.82 Å². The SMILES string of the molecule is O=C(Nc1ccc(F)cc1)OCCCCN1CCC(OCc2ccccc2)CC1. The van der Waals surface area contributed by atoms with Gasteiger partial charge in [0.25, 0.3) is 0 Å². The van der Waals surface area contributed by atoms with Gasteiger partial charge in [0.05, 0.1) is 19.3 Å². The fourth-order valence-corrected chi connectivity index (χ4v) is 3.38. The smallest absolute Gasteiger partial charge is 0.411 e. The molecule has 1 fully saturated rings. The predicted molar refractivity (Wildman–Crippen MR) is 111 cm³/mol. The number of nitrogens with one attached hydrogen (secondary N) is 1. The maximum atomic E-state index is 12.8. The molecule has 1 aliphatic heterocycles. The summed E-state index contributed by atoms with van der Waals surface area (Å²) >= 11 is 0. The van der Waals surface area contributed by atoms with E-state index in [-0.39, 0.29) is 5.82 Å². The highest BCUT2D eigenvalue weighted by Crippen LogP contribution is 2.16. The number of benzene rings is 2. The lowest BCUT2D eigenvalue weighted by Crippen LogP contribution is -2.37. The molecule has 29 heavy (non-hydrogen) atoms. The number of likely N-dealkylation sites (tertiary alicyclic amines) is 1. The van der Waals surface area contributed by atoms with Gasteiger partial charge >= 0.3 is 6.09 Å². The number of halogens is 1. The Hall–Kier alpha value is -2.44. The van der Waals surface area contributed by atoms with Crippen LogP contribution in [0.4, 0.5) is 14.9 Å². The number of hydrogen-bond donors (Lipinski definition) is 1. The van der Waals surface area contributed by atoms with Crippen LogP contribution in [0.3, 0.4) is 0 Å². The van der Waals surface area contributed by atoms with E-state index in [2.05, 4.69) is 22.3 Å². The number of ether oxygens (including phenoxy) is 2. The first-order chi connectivity index (χ1) is 14.2. The minimum absolute atomic E-state index is 0.337. The first-order valence-corrected chi connectivity index (χ1v) is 10.3. The van der Waals surface area contributed by atoms with E-state index >= 15 is 0 Å². The first-order valence-electron chi connectivity index (χ1n) is 10.3. The zero-order valence-corrected chi connectivity index (χ0v) is 16.7. The lowest BCUT2D eigenvalue weighted by atomic mass is 10.1. The van der Waals surface area contributed by atoms with E-state index in [0.29, 0.717) is 25.0 Å². The van der Waals surface area contributed by atoms with Crippen molar-refractivity contribution in [1.82, 2.24) is 4.90 Å².